The molecule has 30 heavy (non-hydrogen) atoms. The zero-order valence-corrected chi connectivity index (χ0v) is 17.9. The minimum absolute atomic E-state index is 0.197. The number of rotatable bonds is 4. The lowest BCUT2D eigenvalue weighted by atomic mass is 10.1. The van der Waals surface area contributed by atoms with Crippen LogP contribution in [0.1, 0.15) is 41.7 Å². The van der Waals surface area contributed by atoms with Gasteiger partial charge in [-0.15, -0.1) is 10.2 Å². The molecule has 0 saturated carbocycles. The van der Waals surface area contributed by atoms with Gasteiger partial charge >= 0.3 is 0 Å². The zero-order valence-electron chi connectivity index (χ0n) is 17.1. The quantitative estimate of drug-likeness (QED) is 0.600. The van der Waals surface area contributed by atoms with Crippen molar-refractivity contribution in [1.82, 2.24) is 19.7 Å². The van der Waals surface area contributed by atoms with Gasteiger partial charge in [0, 0.05) is 11.1 Å². The van der Waals surface area contributed by atoms with Crippen molar-refractivity contribution in [2.24, 2.45) is 0 Å². The minimum Gasteiger partial charge on any atom is -0.481 e. The Morgan fingerprint density at radius 3 is 2.47 bits per heavy atom. The molecule has 2 heterocycles. The third-order valence-corrected chi connectivity index (χ3v) is 6.45. The van der Waals surface area contributed by atoms with Crippen LogP contribution < -0.4 is 4.74 Å². The summed E-state index contributed by atoms with van der Waals surface area (Å²) in [7, 11) is 0. The molecule has 2 atom stereocenters. The van der Waals surface area contributed by atoms with Crippen LogP contribution in [0.4, 0.5) is 4.39 Å². The number of ether oxygens (including phenoxy) is 1. The second kappa shape index (κ2) is 7.67. The van der Waals surface area contributed by atoms with Crippen molar-refractivity contribution in [2.45, 2.75) is 45.3 Å². The fraction of sp³-hybridized carbons (Fsp3) is 0.391. The zero-order chi connectivity index (χ0) is 20.8. The van der Waals surface area contributed by atoms with Crippen LogP contribution in [0.5, 0.6) is 5.75 Å². The molecule has 1 aliphatic heterocycles. The first-order chi connectivity index (χ1) is 14.5. The lowest BCUT2D eigenvalue weighted by Crippen LogP contribution is -2.38. The van der Waals surface area contributed by atoms with E-state index in [1.54, 1.807) is 6.07 Å². The van der Waals surface area contributed by atoms with Gasteiger partial charge in [0.2, 0.25) is 0 Å². The van der Waals surface area contributed by atoms with Gasteiger partial charge in [0.25, 0.3) is 0 Å². The van der Waals surface area contributed by atoms with E-state index >= 15 is 4.39 Å². The molecule has 1 saturated heterocycles. The molecule has 1 fully saturated rings. The first kappa shape index (κ1) is 19.5. The molecule has 5 rings (SSSR count). The molecule has 0 N–H and O–H groups in total. The van der Waals surface area contributed by atoms with Crippen molar-refractivity contribution in [3.63, 3.8) is 0 Å². The summed E-state index contributed by atoms with van der Waals surface area (Å²) < 4.78 is 23.3. The third-order valence-electron chi connectivity index (χ3n) is 6.22. The highest BCUT2D eigenvalue weighted by molar-refractivity contribution is 6.30. The molecule has 156 valence electrons. The Hall–Kier alpha value is -2.44. The molecule has 0 bridgehead atoms. The summed E-state index contributed by atoms with van der Waals surface area (Å²) in [6.45, 7) is 5.81. The van der Waals surface area contributed by atoms with Crippen molar-refractivity contribution in [1.29, 1.82) is 0 Å². The molecule has 2 aliphatic rings. The molecule has 2 aromatic carbocycles. The van der Waals surface area contributed by atoms with Gasteiger partial charge in [0.1, 0.15) is 17.8 Å². The number of hydrogen-bond donors (Lipinski definition) is 0. The van der Waals surface area contributed by atoms with Crippen LogP contribution in [0.15, 0.2) is 36.4 Å². The Bertz CT molecular complexity index is 1070. The van der Waals surface area contributed by atoms with E-state index in [0.29, 0.717) is 22.4 Å². The van der Waals surface area contributed by atoms with Gasteiger partial charge in [-0.05, 0) is 81.6 Å². The van der Waals surface area contributed by atoms with Gasteiger partial charge in [0.15, 0.2) is 11.6 Å². The van der Waals surface area contributed by atoms with E-state index in [0.717, 1.165) is 25.1 Å². The van der Waals surface area contributed by atoms with Crippen molar-refractivity contribution < 1.29 is 9.13 Å². The second-order valence-electron chi connectivity index (χ2n) is 8.14. The normalized spacial score (nSPS) is 21.2. The van der Waals surface area contributed by atoms with E-state index < -0.39 is 5.82 Å². The highest BCUT2D eigenvalue weighted by Crippen LogP contribution is 2.41. The predicted molar refractivity (Wildman–Crippen MR) is 114 cm³/mol. The molecule has 1 aliphatic carbocycles. The Morgan fingerprint density at radius 2 is 1.77 bits per heavy atom. The van der Waals surface area contributed by atoms with Gasteiger partial charge in [-0.3, -0.25) is 9.47 Å². The summed E-state index contributed by atoms with van der Waals surface area (Å²) in [6.07, 6.45) is 3.05. The van der Waals surface area contributed by atoms with Gasteiger partial charge < -0.3 is 4.74 Å². The Balaban J connectivity index is 1.48. The van der Waals surface area contributed by atoms with Gasteiger partial charge in [-0.2, -0.15) is 0 Å². The lowest BCUT2D eigenvalue weighted by molar-refractivity contribution is 0.0906. The summed E-state index contributed by atoms with van der Waals surface area (Å²) in [5.74, 6) is 1.29. The maximum absolute atomic E-state index is 15.1. The summed E-state index contributed by atoms with van der Waals surface area (Å²) in [6, 6.07) is 11.2. The van der Waals surface area contributed by atoms with Crippen LogP contribution in [0, 0.1) is 19.7 Å². The first-order valence-electron chi connectivity index (χ1n) is 10.4. The minimum atomic E-state index is -0.393. The maximum Gasteiger partial charge on any atom is 0.167 e. The molecule has 0 spiro atoms. The average Bonchev–Trinajstić information content (AvgIpc) is 3.44. The maximum atomic E-state index is 15.1. The van der Waals surface area contributed by atoms with Crippen molar-refractivity contribution >= 4 is 11.6 Å². The standard InChI is InChI=1S/C23H24ClFN4O/c1-14-26-27-15(2)29(14)18-7-8-22(20(25)13-18)30-23-19-12-17(24)6-5-16(19)11-21(23)28-9-3-4-10-28/h5-8,12-13,21,23H,3-4,9-11H2,1-2H3/t21-,23-/m0/s1. The van der Waals surface area contributed by atoms with Crippen LogP contribution in [0.2, 0.25) is 5.02 Å². The highest BCUT2D eigenvalue weighted by Gasteiger charge is 2.39. The highest BCUT2D eigenvalue weighted by atomic mass is 35.5. The van der Waals surface area contributed by atoms with E-state index in [2.05, 4.69) is 21.2 Å². The molecule has 7 heteroatoms. The molecule has 5 nitrogen and oxygen atoms in total. The predicted octanol–water partition coefficient (Wildman–Crippen LogP) is 4.82. The van der Waals surface area contributed by atoms with Crippen LogP contribution in [-0.2, 0) is 6.42 Å². The van der Waals surface area contributed by atoms with E-state index in [9.17, 15) is 0 Å². The van der Waals surface area contributed by atoms with Gasteiger partial charge in [0.05, 0.1) is 11.7 Å². The van der Waals surface area contributed by atoms with Crippen molar-refractivity contribution in [2.75, 3.05) is 13.1 Å². The third kappa shape index (κ3) is 3.38. The number of fused-ring (bicyclic) bond motifs is 1. The summed E-state index contributed by atoms with van der Waals surface area (Å²) in [5, 5.41) is 8.79. The van der Waals surface area contributed by atoms with Crippen LogP contribution in [-0.4, -0.2) is 38.8 Å². The summed E-state index contributed by atoms with van der Waals surface area (Å²) in [4.78, 5) is 2.47. The fourth-order valence-electron chi connectivity index (χ4n) is 4.80. The number of likely N-dealkylation sites (tertiary alicyclic amines) is 1. The topological polar surface area (TPSA) is 43.2 Å². The largest absolute Gasteiger partial charge is 0.481 e. The molecular formula is C23H24ClFN4O. The van der Waals surface area contributed by atoms with Crippen molar-refractivity contribution in [3.05, 3.63) is 70.0 Å². The van der Waals surface area contributed by atoms with Crippen molar-refractivity contribution in [3.8, 4) is 11.4 Å². The Kier molecular flexibility index (Phi) is 4.99. The van der Waals surface area contributed by atoms with Crippen LogP contribution >= 0.6 is 11.6 Å². The molecule has 0 amide bonds. The molecule has 0 unspecified atom stereocenters. The number of aryl methyl sites for hydroxylation is 2. The monoisotopic (exact) mass is 426 g/mol. The van der Waals surface area contributed by atoms with E-state index in [-0.39, 0.29) is 17.9 Å². The molecule has 0 radical (unpaired) electrons. The fourth-order valence-corrected chi connectivity index (χ4v) is 4.98. The number of nitrogens with zero attached hydrogens (tertiary/aromatic N) is 4. The number of halogens is 2. The van der Waals surface area contributed by atoms with Crippen LogP contribution in [0.25, 0.3) is 5.69 Å². The van der Waals surface area contributed by atoms with E-state index in [1.807, 2.05) is 36.6 Å². The molecular weight excluding hydrogens is 403 g/mol. The Morgan fingerprint density at radius 1 is 1.03 bits per heavy atom. The lowest BCUT2D eigenvalue weighted by Gasteiger charge is -2.30. The summed E-state index contributed by atoms with van der Waals surface area (Å²) in [5.41, 5.74) is 2.98. The second-order valence-corrected chi connectivity index (χ2v) is 8.58. The SMILES string of the molecule is Cc1nnc(C)n1-c1ccc(O[C@H]2c3cc(Cl)ccc3C[C@@H]2N2CCCC2)c(F)c1. The van der Waals surface area contributed by atoms with E-state index in [4.69, 9.17) is 16.3 Å². The average molecular weight is 427 g/mol. The van der Waals surface area contributed by atoms with Gasteiger partial charge in [-0.1, -0.05) is 17.7 Å². The Labute approximate surface area is 180 Å². The van der Waals surface area contributed by atoms with Gasteiger partial charge in [-0.25, -0.2) is 4.39 Å². The van der Waals surface area contributed by atoms with Crippen LogP contribution in [0.3, 0.4) is 0 Å². The smallest absolute Gasteiger partial charge is 0.167 e. The number of hydrogen-bond acceptors (Lipinski definition) is 4. The molecule has 3 aromatic rings. The summed E-state index contributed by atoms with van der Waals surface area (Å²) >= 11 is 6.28. The number of benzene rings is 2. The first-order valence-corrected chi connectivity index (χ1v) is 10.8. The number of aromatic nitrogens is 3. The molecule has 1 aromatic heterocycles. The van der Waals surface area contributed by atoms with E-state index in [1.165, 1.54) is 24.5 Å².